The maximum absolute atomic E-state index is 6.37. The fourth-order valence-electron chi connectivity index (χ4n) is 3.48. The Morgan fingerprint density at radius 2 is 2.00 bits per heavy atom. The number of hydrogen-bond donors (Lipinski definition) is 1. The van der Waals surface area contributed by atoms with Crippen LogP contribution in [-0.4, -0.2) is 11.8 Å². The number of nitrogens with two attached hydrogens (primary N) is 1. The SMILES string of the molecule is NC(CCC1CSc2ccccc21)C1CCCC1. The lowest BCUT2D eigenvalue weighted by Crippen LogP contribution is -2.28. The second kappa shape index (κ2) is 5.66. The van der Waals surface area contributed by atoms with Crippen LogP contribution in [0.1, 0.15) is 50.0 Å². The molecule has 2 N–H and O–H groups in total. The molecule has 2 aliphatic rings. The van der Waals surface area contributed by atoms with Gasteiger partial charge in [-0.25, -0.2) is 0 Å². The molecule has 0 aromatic heterocycles. The van der Waals surface area contributed by atoms with Gasteiger partial charge >= 0.3 is 0 Å². The van der Waals surface area contributed by atoms with E-state index in [4.69, 9.17) is 5.73 Å². The Morgan fingerprint density at radius 3 is 2.83 bits per heavy atom. The molecule has 2 unspecified atom stereocenters. The summed E-state index contributed by atoms with van der Waals surface area (Å²) < 4.78 is 0. The number of fused-ring (bicyclic) bond motifs is 1. The van der Waals surface area contributed by atoms with Gasteiger partial charge in [-0.2, -0.15) is 0 Å². The van der Waals surface area contributed by atoms with Crippen molar-refractivity contribution in [1.82, 2.24) is 0 Å². The first-order valence-corrected chi connectivity index (χ1v) is 8.30. The van der Waals surface area contributed by atoms with Crippen molar-refractivity contribution in [1.29, 1.82) is 0 Å². The number of thioether (sulfide) groups is 1. The largest absolute Gasteiger partial charge is 0.327 e. The third-order valence-electron chi connectivity index (χ3n) is 4.65. The van der Waals surface area contributed by atoms with Crippen LogP contribution in [0.15, 0.2) is 29.2 Å². The van der Waals surface area contributed by atoms with Gasteiger partial charge in [-0.3, -0.25) is 0 Å². The van der Waals surface area contributed by atoms with Crippen LogP contribution >= 0.6 is 11.8 Å². The Labute approximate surface area is 115 Å². The van der Waals surface area contributed by atoms with Crippen molar-refractivity contribution in [2.45, 2.75) is 55.4 Å². The van der Waals surface area contributed by atoms with E-state index in [9.17, 15) is 0 Å². The minimum Gasteiger partial charge on any atom is -0.327 e. The fourth-order valence-corrected chi connectivity index (χ4v) is 4.79. The van der Waals surface area contributed by atoms with Crippen LogP contribution in [0.4, 0.5) is 0 Å². The van der Waals surface area contributed by atoms with Crippen LogP contribution in [0, 0.1) is 5.92 Å². The molecule has 0 saturated heterocycles. The average molecular weight is 261 g/mol. The zero-order valence-electron chi connectivity index (χ0n) is 11.0. The van der Waals surface area contributed by atoms with Gasteiger partial charge in [-0.15, -0.1) is 11.8 Å². The maximum atomic E-state index is 6.37. The molecule has 1 aliphatic carbocycles. The highest BCUT2D eigenvalue weighted by molar-refractivity contribution is 7.99. The maximum Gasteiger partial charge on any atom is 0.0107 e. The van der Waals surface area contributed by atoms with Crippen molar-refractivity contribution >= 4 is 11.8 Å². The van der Waals surface area contributed by atoms with Crippen LogP contribution in [0.25, 0.3) is 0 Å². The predicted molar refractivity (Wildman–Crippen MR) is 79.1 cm³/mol. The molecule has 0 amide bonds. The summed E-state index contributed by atoms with van der Waals surface area (Å²) in [6.45, 7) is 0. The third kappa shape index (κ3) is 2.60. The van der Waals surface area contributed by atoms with Gasteiger partial charge in [0.25, 0.3) is 0 Å². The predicted octanol–water partition coefficient (Wildman–Crippen LogP) is 4.17. The molecule has 1 nitrogen and oxygen atoms in total. The van der Waals surface area contributed by atoms with E-state index in [-0.39, 0.29) is 0 Å². The van der Waals surface area contributed by atoms with Crippen LogP contribution in [0.2, 0.25) is 0 Å². The van der Waals surface area contributed by atoms with Gasteiger partial charge in [0.15, 0.2) is 0 Å². The molecule has 18 heavy (non-hydrogen) atoms. The first-order chi connectivity index (χ1) is 8.84. The van der Waals surface area contributed by atoms with E-state index >= 15 is 0 Å². The second-order valence-electron chi connectivity index (χ2n) is 5.83. The van der Waals surface area contributed by atoms with E-state index in [1.807, 2.05) is 11.8 Å². The van der Waals surface area contributed by atoms with Gasteiger partial charge in [0, 0.05) is 16.7 Å². The number of benzene rings is 1. The van der Waals surface area contributed by atoms with Crippen LogP contribution in [0.5, 0.6) is 0 Å². The summed E-state index contributed by atoms with van der Waals surface area (Å²) in [7, 11) is 0. The molecule has 1 heterocycles. The van der Waals surface area contributed by atoms with Crippen LogP contribution in [-0.2, 0) is 0 Å². The molecule has 3 rings (SSSR count). The Morgan fingerprint density at radius 1 is 1.22 bits per heavy atom. The van der Waals surface area contributed by atoms with Crippen molar-refractivity contribution in [3.8, 4) is 0 Å². The third-order valence-corrected chi connectivity index (χ3v) is 5.90. The molecule has 98 valence electrons. The normalized spacial score (nSPS) is 25.3. The highest BCUT2D eigenvalue weighted by Crippen LogP contribution is 2.42. The average Bonchev–Trinajstić information content (AvgIpc) is 3.06. The van der Waals surface area contributed by atoms with Crippen molar-refractivity contribution in [3.63, 3.8) is 0 Å². The standard InChI is InChI=1S/C16H23NS/c17-15(12-5-1-2-6-12)10-9-13-11-18-16-8-4-3-7-14(13)16/h3-4,7-8,12-13,15H,1-2,5-6,9-11,17H2. The Hall–Kier alpha value is -0.470. The molecule has 2 atom stereocenters. The molecular formula is C16H23NS. The monoisotopic (exact) mass is 261 g/mol. The van der Waals surface area contributed by atoms with Gasteiger partial charge in [-0.05, 0) is 49.1 Å². The second-order valence-corrected chi connectivity index (χ2v) is 6.89. The molecule has 0 radical (unpaired) electrons. The summed E-state index contributed by atoms with van der Waals surface area (Å²) in [4.78, 5) is 1.50. The summed E-state index contributed by atoms with van der Waals surface area (Å²) in [5, 5.41) is 0. The van der Waals surface area contributed by atoms with Crippen LogP contribution < -0.4 is 5.73 Å². The highest BCUT2D eigenvalue weighted by Gasteiger charge is 2.26. The van der Waals surface area contributed by atoms with Gasteiger partial charge in [-0.1, -0.05) is 31.0 Å². The lowest BCUT2D eigenvalue weighted by Gasteiger charge is -2.20. The summed E-state index contributed by atoms with van der Waals surface area (Å²) in [6.07, 6.45) is 8.04. The van der Waals surface area contributed by atoms with Crippen LogP contribution in [0.3, 0.4) is 0 Å². The molecule has 1 aromatic carbocycles. The van der Waals surface area contributed by atoms with Crippen molar-refractivity contribution in [3.05, 3.63) is 29.8 Å². The van der Waals surface area contributed by atoms with Gasteiger partial charge in [0.2, 0.25) is 0 Å². The molecule has 1 aliphatic heterocycles. The Balaban J connectivity index is 1.55. The molecule has 2 heteroatoms. The molecule has 0 bridgehead atoms. The summed E-state index contributed by atoms with van der Waals surface area (Å²) in [6, 6.07) is 9.34. The lowest BCUT2D eigenvalue weighted by atomic mass is 9.89. The van der Waals surface area contributed by atoms with Crippen molar-refractivity contribution in [2.24, 2.45) is 11.7 Å². The highest BCUT2D eigenvalue weighted by atomic mass is 32.2. The van der Waals surface area contributed by atoms with E-state index in [2.05, 4.69) is 24.3 Å². The summed E-state index contributed by atoms with van der Waals surface area (Å²) in [5.41, 5.74) is 7.94. The van der Waals surface area contributed by atoms with Gasteiger partial charge in [0.05, 0.1) is 0 Å². The molecular weight excluding hydrogens is 238 g/mol. The molecule has 1 aromatic rings. The smallest absolute Gasteiger partial charge is 0.0107 e. The van der Waals surface area contributed by atoms with E-state index in [0.717, 1.165) is 11.8 Å². The molecule has 0 spiro atoms. The Kier molecular flexibility index (Phi) is 3.95. The summed E-state index contributed by atoms with van der Waals surface area (Å²) in [5.74, 6) is 2.82. The Bertz CT molecular complexity index is 398. The topological polar surface area (TPSA) is 26.0 Å². The minimum atomic E-state index is 0.449. The van der Waals surface area contributed by atoms with Gasteiger partial charge in [0.1, 0.15) is 0 Å². The molecule has 1 saturated carbocycles. The number of hydrogen-bond acceptors (Lipinski definition) is 2. The van der Waals surface area contributed by atoms with Crippen molar-refractivity contribution in [2.75, 3.05) is 5.75 Å². The van der Waals surface area contributed by atoms with E-state index in [1.54, 1.807) is 5.56 Å². The minimum absolute atomic E-state index is 0.449. The molecule has 1 fully saturated rings. The van der Waals surface area contributed by atoms with E-state index in [0.29, 0.717) is 6.04 Å². The first kappa shape index (κ1) is 12.6. The zero-order valence-corrected chi connectivity index (χ0v) is 11.8. The number of rotatable bonds is 4. The van der Waals surface area contributed by atoms with Gasteiger partial charge < -0.3 is 5.73 Å². The van der Waals surface area contributed by atoms with E-state index < -0.39 is 0 Å². The lowest BCUT2D eigenvalue weighted by molar-refractivity contribution is 0.393. The van der Waals surface area contributed by atoms with Crippen molar-refractivity contribution < 1.29 is 0 Å². The first-order valence-electron chi connectivity index (χ1n) is 7.32. The fraction of sp³-hybridized carbons (Fsp3) is 0.625. The quantitative estimate of drug-likeness (QED) is 0.880. The summed E-state index contributed by atoms with van der Waals surface area (Å²) >= 11 is 2.02. The zero-order chi connectivity index (χ0) is 12.4. The van der Waals surface area contributed by atoms with E-state index in [1.165, 1.54) is 49.2 Å².